The van der Waals surface area contributed by atoms with Crippen LogP contribution in [0.15, 0.2) is 27.1 Å². The number of aromatic carboxylic acids is 1. The number of carboxylic acid groups (broad SMARTS) is 1. The van der Waals surface area contributed by atoms with Gasteiger partial charge in [-0.1, -0.05) is 0 Å². The van der Waals surface area contributed by atoms with Crippen LogP contribution in [-0.2, 0) is 0 Å². The normalized spacial score (nSPS) is 11.0. The molecule has 2 rings (SSSR count). The summed E-state index contributed by atoms with van der Waals surface area (Å²) in [4.78, 5) is 14.4. The number of carboxylic acids is 1. The minimum atomic E-state index is -3.01. The van der Waals surface area contributed by atoms with Crippen molar-refractivity contribution in [1.29, 1.82) is 0 Å². The van der Waals surface area contributed by atoms with Crippen LogP contribution < -0.4 is 0 Å². The molecule has 1 aromatic heterocycles. The smallest absolute Gasteiger partial charge is 0.374 e. The zero-order valence-electron chi connectivity index (χ0n) is 9.03. The molecule has 0 amide bonds. The van der Waals surface area contributed by atoms with Crippen molar-refractivity contribution < 1.29 is 23.1 Å². The second kappa shape index (κ2) is 5.53. The van der Waals surface area contributed by atoms with Crippen LogP contribution in [0.5, 0.6) is 0 Å². The fourth-order valence-electron chi connectivity index (χ4n) is 1.41. The van der Waals surface area contributed by atoms with Gasteiger partial charge in [0, 0.05) is 8.04 Å². The summed E-state index contributed by atoms with van der Waals surface area (Å²) in [6.45, 7) is 0. The Hall–Kier alpha value is -1.03. The zero-order chi connectivity index (χ0) is 14.2. The molecule has 19 heavy (non-hydrogen) atoms. The first-order valence-corrected chi connectivity index (χ1v) is 6.75. The van der Waals surface area contributed by atoms with Crippen molar-refractivity contribution in [2.45, 2.75) is 6.43 Å². The van der Waals surface area contributed by atoms with Crippen LogP contribution in [-0.4, -0.2) is 16.1 Å². The highest BCUT2D eigenvalue weighted by atomic mass is 127. The van der Waals surface area contributed by atoms with Gasteiger partial charge >= 0.3 is 5.97 Å². The van der Waals surface area contributed by atoms with Gasteiger partial charge in [0.1, 0.15) is 0 Å². The first kappa shape index (κ1) is 14.4. The molecule has 0 aliphatic heterocycles. The van der Waals surface area contributed by atoms with E-state index in [-0.39, 0.29) is 5.89 Å². The van der Waals surface area contributed by atoms with Crippen molar-refractivity contribution in [2.24, 2.45) is 0 Å². The standard InChI is InChI=1S/C11H5BrF2INO3/c12-6-2-1-4(15)3-5(6)10-16-7(9(13)14)8(19-10)11(17)18/h1-3,9H,(H,17,18). The monoisotopic (exact) mass is 443 g/mol. The molecule has 0 saturated carbocycles. The molecule has 1 N–H and O–H groups in total. The summed E-state index contributed by atoms with van der Waals surface area (Å²) in [5, 5.41) is 8.82. The molecule has 1 heterocycles. The van der Waals surface area contributed by atoms with Crippen LogP contribution >= 0.6 is 38.5 Å². The molecule has 0 unspecified atom stereocenters. The van der Waals surface area contributed by atoms with E-state index >= 15 is 0 Å². The lowest BCUT2D eigenvalue weighted by Crippen LogP contribution is -1.99. The number of halogens is 4. The molecule has 100 valence electrons. The van der Waals surface area contributed by atoms with E-state index in [1.807, 2.05) is 22.6 Å². The predicted octanol–water partition coefficient (Wildman–Crippen LogP) is 4.34. The summed E-state index contributed by atoms with van der Waals surface area (Å²) < 4.78 is 31.7. The third kappa shape index (κ3) is 2.94. The van der Waals surface area contributed by atoms with E-state index < -0.39 is 23.8 Å². The summed E-state index contributed by atoms with van der Waals surface area (Å²) in [5.74, 6) is -2.57. The molecule has 0 spiro atoms. The van der Waals surface area contributed by atoms with Gasteiger partial charge in [-0.05, 0) is 56.7 Å². The Morgan fingerprint density at radius 3 is 2.68 bits per heavy atom. The van der Waals surface area contributed by atoms with Gasteiger partial charge in [-0.3, -0.25) is 0 Å². The number of oxazole rings is 1. The summed E-state index contributed by atoms with van der Waals surface area (Å²) in [6, 6.07) is 5.14. The molecule has 0 aliphatic carbocycles. The fourth-order valence-corrected chi connectivity index (χ4v) is 2.32. The minimum Gasteiger partial charge on any atom is -0.475 e. The maximum Gasteiger partial charge on any atom is 0.374 e. The number of benzene rings is 1. The van der Waals surface area contributed by atoms with E-state index in [4.69, 9.17) is 9.52 Å². The van der Waals surface area contributed by atoms with Crippen LogP contribution in [0, 0.1) is 3.57 Å². The van der Waals surface area contributed by atoms with Gasteiger partial charge in [-0.25, -0.2) is 18.6 Å². The molecule has 0 atom stereocenters. The van der Waals surface area contributed by atoms with Crippen LogP contribution in [0.4, 0.5) is 8.78 Å². The lowest BCUT2D eigenvalue weighted by molar-refractivity contribution is 0.0647. The lowest BCUT2D eigenvalue weighted by Gasteiger charge is -2.00. The molecular formula is C11H5BrF2INO3. The molecule has 8 heteroatoms. The minimum absolute atomic E-state index is 0.155. The van der Waals surface area contributed by atoms with Crippen LogP contribution in [0.25, 0.3) is 11.5 Å². The lowest BCUT2D eigenvalue weighted by atomic mass is 10.2. The molecule has 0 fully saturated rings. The highest BCUT2D eigenvalue weighted by Crippen LogP contribution is 2.33. The largest absolute Gasteiger partial charge is 0.475 e. The van der Waals surface area contributed by atoms with E-state index in [1.165, 1.54) is 0 Å². The Balaban J connectivity index is 2.60. The third-order valence-electron chi connectivity index (χ3n) is 2.21. The Labute approximate surface area is 128 Å². The summed E-state index contributed by atoms with van der Waals surface area (Å²) in [5.41, 5.74) is -0.449. The Bertz CT molecular complexity index is 645. The first-order chi connectivity index (χ1) is 8.90. The maximum absolute atomic E-state index is 12.7. The van der Waals surface area contributed by atoms with Gasteiger partial charge in [0.25, 0.3) is 6.43 Å². The zero-order valence-corrected chi connectivity index (χ0v) is 12.8. The van der Waals surface area contributed by atoms with Gasteiger partial charge in [-0.15, -0.1) is 0 Å². The number of hydrogen-bond acceptors (Lipinski definition) is 3. The highest BCUT2D eigenvalue weighted by molar-refractivity contribution is 14.1. The topological polar surface area (TPSA) is 63.3 Å². The second-order valence-electron chi connectivity index (χ2n) is 3.46. The number of hydrogen-bond donors (Lipinski definition) is 1. The van der Waals surface area contributed by atoms with E-state index in [9.17, 15) is 13.6 Å². The second-order valence-corrected chi connectivity index (χ2v) is 5.56. The number of rotatable bonds is 3. The number of nitrogens with zero attached hydrogens (tertiary/aromatic N) is 1. The number of carbonyl (C=O) groups is 1. The van der Waals surface area contributed by atoms with E-state index in [1.54, 1.807) is 18.2 Å². The summed E-state index contributed by atoms with van der Waals surface area (Å²) in [7, 11) is 0. The van der Waals surface area contributed by atoms with E-state index in [2.05, 4.69) is 20.9 Å². The average Bonchev–Trinajstić information content (AvgIpc) is 2.77. The molecule has 0 radical (unpaired) electrons. The van der Waals surface area contributed by atoms with Crippen molar-refractivity contribution in [3.63, 3.8) is 0 Å². The average molecular weight is 444 g/mol. The predicted molar refractivity (Wildman–Crippen MR) is 74.3 cm³/mol. The van der Waals surface area contributed by atoms with E-state index in [0.29, 0.717) is 10.0 Å². The van der Waals surface area contributed by atoms with Crippen molar-refractivity contribution in [3.05, 3.63) is 37.7 Å². The van der Waals surface area contributed by atoms with Crippen LogP contribution in [0.3, 0.4) is 0 Å². The molecule has 0 aliphatic rings. The molecule has 0 saturated heterocycles. The Kier molecular flexibility index (Phi) is 4.19. The Morgan fingerprint density at radius 1 is 1.47 bits per heavy atom. The summed E-state index contributed by atoms with van der Waals surface area (Å²) >= 11 is 5.27. The first-order valence-electron chi connectivity index (χ1n) is 4.87. The van der Waals surface area contributed by atoms with Crippen LogP contribution in [0.1, 0.15) is 22.7 Å². The molecular weight excluding hydrogens is 439 g/mol. The quantitative estimate of drug-likeness (QED) is 0.716. The maximum atomic E-state index is 12.7. The van der Waals surface area contributed by atoms with Crippen LogP contribution in [0.2, 0.25) is 0 Å². The van der Waals surface area contributed by atoms with Crippen molar-refractivity contribution in [1.82, 2.24) is 4.98 Å². The Morgan fingerprint density at radius 2 is 2.16 bits per heavy atom. The molecule has 1 aromatic carbocycles. The van der Waals surface area contributed by atoms with Gasteiger partial charge in [0.15, 0.2) is 5.69 Å². The highest BCUT2D eigenvalue weighted by Gasteiger charge is 2.27. The van der Waals surface area contributed by atoms with Crippen molar-refractivity contribution in [3.8, 4) is 11.5 Å². The van der Waals surface area contributed by atoms with E-state index in [0.717, 1.165) is 3.57 Å². The molecule has 4 nitrogen and oxygen atoms in total. The van der Waals surface area contributed by atoms with Gasteiger partial charge < -0.3 is 9.52 Å². The number of alkyl halides is 2. The van der Waals surface area contributed by atoms with Gasteiger partial charge in [0.2, 0.25) is 11.7 Å². The van der Waals surface area contributed by atoms with Crippen molar-refractivity contribution >= 4 is 44.5 Å². The van der Waals surface area contributed by atoms with Crippen molar-refractivity contribution in [2.75, 3.05) is 0 Å². The van der Waals surface area contributed by atoms with Gasteiger partial charge in [-0.2, -0.15) is 0 Å². The molecule has 2 aromatic rings. The number of aromatic nitrogens is 1. The summed E-state index contributed by atoms with van der Waals surface area (Å²) in [6.07, 6.45) is -3.01. The fraction of sp³-hybridized carbons (Fsp3) is 0.0909. The van der Waals surface area contributed by atoms with Gasteiger partial charge in [0.05, 0.1) is 5.56 Å². The SMILES string of the molecule is O=C(O)c1oc(-c2cc(I)ccc2Br)nc1C(F)F. The molecule has 0 bridgehead atoms. The third-order valence-corrected chi connectivity index (χ3v) is 3.58.